The van der Waals surface area contributed by atoms with Crippen LogP contribution in [0.3, 0.4) is 0 Å². The summed E-state index contributed by atoms with van der Waals surface area (Å²) in [6, 6.07) is 0. The zero-order valence-corrected chi connectivity index (χ0v) is 11.6. The number of amides is 2. The molecule has 1 aromatic rings. The van der Waals surface area contributed by atoms with Crippen molar-refractivity contribution in [3.05, 3.63) is 11.1 Å². The van der Waals surface area contributed by atoms with E-state index in [0.717, 1.165) is 16.2 Å². The molecule has 2 amide bonds. The maximum atomic E-state index is 12.5. The molecule has 0 aliphatic heterocycles. The molecular formula is C10H13F3N4O2S. The van der Waals surface area contributed by atoms with Gasteiger partial charge < -0.3 is 15.5 Å². The highest BCUT2D eigenvalue weighted by Gasteiger charge is 2.35. The second kappa shape index (κ2) is 6.07. The number of rotatable bonds is 4. The minimum Gasteiger partial charge on any atom is -0.375 e. The Labute approximate surface area is 117 Å². The number of nitrogen functional groups attached to an aromatic ring is 1. The average molecular weight is 310 g/mol. The minimum atomic E-state index is -4.61. The van der Waals surface area contributed by atoms with Gasteiger partial charge in [0.2, 0.25) is 5.91 Å². The molecule has 0 saturated carbocycles. The maximum absolute atomic E-state index is 12.5. The fourth-order valence-corrected chi connectivity index (χ4v) is 1.81. The van der Waals surface area contributed by atoms with E-state index in [4.69, 9.17) is 5.73 Å². The number of hydrogen-bond acceptors (Lipinski definition) is 5. The number of carbonyl (C=O) groups is 2. The first-order valence-electron chi connectivity index (χ1n) is 5.37. The van der Waals surface area contributed by atoms with Crippen molar-refractivity contribution in [1.29, 1.82) is 0 Å². The van der Waals surface area contributed by atoms with Gasteiger partial charge in [-0.3, -0.25) is 9.59 Å². The summed E-state index contributed by atoms with van der Waals surface area (Å²) in [5.41, 5.74) is 5.13. The number of anilines is 1. The van der Waals surface area contributed by atoms with E-state index >= 15 is 0 Å². The highest BCUT2D eigenvalue weighted by molar-refractivity contribution is 7.13. The second-order valence-corrected chi connectivity index (χ2v) is 5.03. The van der Waals surface area contributed by atoms with Crippen LogP contribution < -0.4 is 5.73 Å². The van der Waals surface area contributed by atoms with Gasteiger partial charge in [-0.1, -0.05) is 0 Å². The summed E-state index contributed by atoms with van der Waals surface area (Å²) in [5.74, 6) is -1.60. The lowest BCUT2D eigenvalue weighted by Gasteiger charge is -2.24. The average Bonchev–Trinajstić information content (AvgIpc) is 2.72. The molecule has 1 rings (SSSR count). The molecule has 0 atom stereocenters. The van der Waals surface area contributed by atoms with E-state index in [0.29, 0.717) is 4.90 Å². The Balaban J connectivity index is 2.92. The van der Waals surface area contributed by atoms with Crippen LogP contribution in [0, 0.1) is 0 Å². The van der Waals surface area contributed by atoms with Gasteiger partial charge in [0.1, 0.15) is 18.8 Å². The largest absolute Gasteiger partial charge is 0.406 e. The van der Waals surface area contributed by atoms with Crippen molar-refractivity contribution >= 4 is 28.3 Å². The van der Waals surface area contributed by atoms with Crippen LogP contribution in [0.25, 0.3) is 0 Å². The minimum absolute atomic E-state index is 0.0687. The van der Waals surface area contributed by atoms with Crippen molar-refractivity contribution in [2.45, 2.75) is 6.18 Å². The summed E-state index contributed by atoms with van der Waals surface area (Å²) >= 11 is 0.936. The predicted molar refractivity (Wildman–Crippen MR) is 67.2 cm³/mol. The molecule has 1 aromatic heterocycles. The number of nitrogens with two attached hydrogens (primary N) is 1. The molecule has 0 saturated heterocycles. The Hall–Kier alpha value is -1.84. The standard InChI is InChI=1S/C10H13F3N4O2S/c1-16(2)7(18)3-17(5-10(11,12)13)8(19)6-4-20-9(14)15-6/h4H,3,5H2,1-2H3,(H2,14,15). The van der Waals surface area contributed by atoms with Gasteiger partial charge in [0, 0.05) is 19.5 Å². The highest BCUT2D eigenvalue weighted by Crippen LogP contribution is 2.19. The van der Waals surface area contributed by atoms with Crippen LogP contribution in [0.5, 0.6) is 0 Å². The van der Waals surface area contributed by atoms with E-state index in [1.54, 1.807) is 0 Å². The first-order chi connectivity index (χ1) is 9.10. The molecular weight excluding hydrogens is 297 g/mol. The van der Waals surface area contributed by atoms with E-state index in [-0.39, 0.29) is 10.8 Å². The number of alkyl halides is 3. The molecule has 10 heteroatoms. The molecule has 0 aromatic carbocycles. The van der Waals surface area contributed by atoms with Crippen molar-refractivity contribution in [2.75, 3.05) is 32.9 Å². The normalized spacial score (nSPS) is 11.2. The molecule has 0 unspecified atom stereocenters. The Bertz CT molecular complexity index is 501. The molecule has 20 heavy (non-hydrogen) atoms. The van der Waals surface area contributed by atoms with E-state index in [9.17, 15) is 22.8 Å². The zero-order chi connectivity index (χ0) is 15.5. The fourth-order valence-electron chi connectivity index (χ4n) is 1.27. The van der Waals surface area contributed by atoms with Crippen LogP contribution in [0.1, 0.15) is 10.5 Å². The first kappa shape index (κ1) is 16.2. The number of aromatic nitrogens is 1. The van der Waals surface area contributed by atoms with Crippen LogP contribution in [-0.4, -0.2) is 60.0 Å². The summed E-state index contributed by atoms with van der Waals surface area (Å²) in [5, 5.41) is 1.32. The fraction of sp³-hybridized carbons (Fsp3) is 0.500. The first-order valence-corrected chi connectivity index (χ1v) is 6.25. The number of nitrogens with zero attached hydrogens (tertiary/aromatic N) is 3. The SMILES string of the molecule is CN(C)C(=O)CN(CC(F)(F)F)C(=O)c1csc(N)n1. The Morgan fingerprint density at radius 2 is 2.00 bits per heavy atom. The van der Waals surface area contributed by atoms with Crippen molar-refractivity contribution in [3.8, 4) is 0 Å². The summed E-state index contributed by atoms with van der Waals surface area (Å²) in [4.78, 5) is 28.6. The molecule has 0 aliphatic rings. The van der Waals surface area contributed by atoms with Crippen LogP contribution in [0.2, 0.25) is 0 Å². The number of halogens is 3. The van der Waals surface area contributed by atoms with E-state index in [1.165, 1.54) is 19.5 Å². The molecule has 0 fully saturated rings. The lowest BCUT2D eigenvalue weighted by molar-refractivity contribution is -0.146. The smallest absolute Gasteiger partial charge is 0.375 e. The molecule has 1 heterocycles. The number of thiazole rings is 1. The number of likely N-dealkylation sites (N-methyl/N-ethyl adjacent to an activating group) is 1. The molecule has 6 nitrogen and oxygen atoms in total. The molecule has 0 bridgehead atoms. The Morgan fingerprint density at radius 3 is 2.40 bits per heavy atom. The van der Waals surface area contributed by atoms with Gasteiger partial charge in [0.15, 0.2) is 5.13 Å². The third-order valence-electron chi connectivity index (χ3n) is 2.22. The molecule has 112 valence electrons. The van der Waals surface area contributed by atoms with Crippen molar-refractivity contribution in [1.82, 2.24) is 14.8 Å². The van der Waals surface area contributed by atoms with Crippen molar-refractivity contribution in [3.63, 3.8) is 0 Å². The molecule has 0 spiro atoms. The van der Waals surface area contributed by atoms with Crippen molar-refractivity contribution in [2.24, 2.45) is 0 Å². The van der Waals surface area contributed by atoms with Gasteiger partial charge in [0.25, 0.3) is 5.91 Å². The summed E-state index contributed by atoms with van der Waals surface area (Å²) < 4.78 is 37.4. The van der Waals surface area contributed by atoms with Crippen molar-refractivity contribution < 1.29 is 22.8 Å². The van der Waals surface area contributed by atoms with Crippen LogP contribution in [-0.2, 0) is 4.79 Å². The quantitative estimate of drug-likeness (QED) is 0.893. The van der Waals surface area contributed by atoms with Gasteiger partial charge in [-0.15, -0.1) is 11.3 Å². The lowest BCUT2D eigenvalue weighted by Crippen LogP contribution is -2.45. The van der Waals surface area contributed by atoms with Crippen LogP contribution >= 0.6 is 11.3 Å². The third-order valence-corrected chi connectivity index (χ3v) is 2.90. The molecule has 2 N–H and O–H groups in total. The molecule has 0 radical (unpaired) electrons. The Kier molecular flexibility index (Phi) is 4.93. The van der Waals surface area contributed by atoms with Crippen LogP contribution in [0.15, 0.2) is 5.38 Å². The topological polar surface area (TPSA) is 79.5 Å². The van der Waals surface area contributed by atoms with E-state index in [1.807, 2.05) is 0 Å². The van der Waals surface area contributed by atoms with E-state index < -0.39 is 31.1 Å². The van der Waals surface area contributed by atoms with Gasteiger partial charge in [-0.2, -0.15) is 13.2 Å². The van der Waals surface area contributed by atoms with Gasteiger partial charge in [-0.05, 0) is 0 Å². The summed E-state index contributed by atoms with van der Waals surface area (Å²) in [6.45, 7) is -2.20. The molecule has 0 aliphatic carbocycles. The highest BCUT2D eigenvalue weighted by atomic mass is 32.1. The summed E-state index contributed by atoms with van der Waals surface area (Å²) in [7, 11) is 2.78. The number of hydrogen-bond donors (Lipinski definition) is 1. The third kappa shape index (κ3) is 4.68. The maximum Gasteiger partial charge on any atom is 0.406 e. The second-order valence-electron chi connectivity index (χ2n) is 4.14. The summed E-state index contributed by atoms with van der Waals surface area (Å²) in [6.07, 6.45) is -4.61. The lowest BCUT2D eigenvalue weighted by atomic mass is 10.3. The monoisotopic (exact) mass is 310 g/mol. The van der Waals surface area contributed by atoms with Gasteiger partial charge in [0.05, 0.1) is 0 Å². The predicted octanol–water partition coefficient (Wildman–Crippen LogP) is 0.818. The van der Waals surface area contributed by atoms with Crippen LogP contribution in [0.4, 0.5) is 18.3 Å². The number of carbonyl (C=O) groups excluding carboxylic acids is 2. The zero-order valence-electron chi connectivity index (χ0n) is 10.8. The van der Waals surface area contributed by atoms with Gasteiger partial charge in [-0.25, -0.2) is 4.98 Å². The Morgan fingerprint density at radius 1 is 1.40 bits per heavy atom. The van der Waals surface area contributed by atoms with E-state index in [2.05, 4.69) is 4.98 Å². The van der Waals surface area contributed by atoms with Gasteiger partial charge >= 0.3 is 6.18 Å².